The molecule has 52 valence electrons. The molecular weight excluding hydrogens is 138 g/mol. The number of amides is 1. The predicted octanol–water partition coefficient (Wildman–Crippen LogP) is -0.427. The van der Waals surface area contributed by atoms with Gasteiger partial charge in [-0.05, 0) is 0 Å². The fourth-order valence-corrected chi connectivity index (χ4v) is 0.452. The molecule has 4 heteroatoms. The lowest BCUT2D eigenvalue weighted by Crippen LogP contribution is -2.30. The van der Waals surface area contributed by atoms with E-state index in [1.54, 1.807) is 0 Å². The molecule has 0 rings (SSSR count). The normalized spacial score (nSPS) is 8.78. The number of thiol groups is 1. The molecule has 0 aliphatic carbocycles. The van der Waals surface area contributed by atoms with Crippen molar-refractivity contribution in [2.24, 2.45) is 0 Å². The Morgan fingerprint density at radius 1 is 1.44 bits per heavy atom. The third-order valence-electron chi connectivity index (χ3n) is 0.788. The van der Waals surface area contributed by atoms with Gasteiger partial charge in [0.2, 0.25) is 5.78 Å². The summed E-state index contributed by atoms with van der Waals surface area (Å²) in [4.78, 5) is 22.3. The van der Waals surface area contributed by atoms with E-state index < -0.39 is 11.7 Å². The van der Waals surface area contributed by atoms with Gasteiger partial charge < -0.3 is 4.90 Å². The van der Waals surface area contributed by atoms with Gasteiger partial charge in [-0.15, -0.1) is 0 Å². The van der Waals surface area contributed by atoms with Gasteiger partial charge in [0, 0.05) is 14.1 Å². The zero-order chi connectivity index (χ0) is 7.44. The number of hydrogen-bond donors (Lipinski definition) is 1. The van der Waals surface area contributed by atoms with Crippen LogP contribution >= 0.6 is 12.6 Å². The Labute approximate surface area is 59.4 Å². The highest BCUT2D eigenvalue weighted by Gasteiger charge is 2.12. The van der Waals surface area contributed by atoms with Crippen LogP contribution < -0.4 is 0 Å². The largest absolute Gasteiger partial charge is 0.342 e. The maximum Gasteiger partial charge on any atom is 0.290 e. The first-order valence-corrected chi connectivity index (χ1v) is 3.08. The van der Waals surface area contributed by atoms with E-state index >= 15 is 0 Å². The molecule has 0 bridgehead atoms. The van der Waals surface area contributed by atoms with Crippen LogP contribution in [0.15, 0.2) is 0 Å². The van der Waals surface area contributed by atoms with Crippen LogP contribution in [0.5, 0.6) is 0 Å². The molecule has 0 aromatic heterocycles. The molecule has 3 nitrogen and oxygen atoms in total. The van der Waals surface area contributed by atoms with Crippen LogP contribution in [0.25, 0.3) is 0 Å². The van der Waals surface area contributed by atoms with E-state index in [-0.39, 0.29) is 5.75 Å². The van der Waals surface area contributed by atoms with Crippen LogP contribution in [-0.4, -0.2) is 36.4 Å². The van der Waals surface area contributed by atoms with Crippen LogP contribution in [0, 0.1) is 0 Å². The maximum atomic E-state index is 10.6. The number of likely N-dealkylation sites (N-methyl/N-ethyl adjacent to an activating group) is 1. The Bertz CT molecular complexity index is 133. The molecule has 0 saturated carbocycles. The summed E-state index contributed by atoms with van der Waals surface area (Å²) in [5, 5.41) is 0. The van der Waals surface area contributed by atoms with Gasteiger partial charge in [-0.1, -0.05) is 0 Å². The second-order valence-corrected chi connectivity index (χ2v) is 2.10. The molecule has 0 aromatic carbocycles. The Morgan fingerprint density at radius 3 is 2.00 bits per heavy atom. The topological polar surface area (TPSA) is 37.4 Å². The highest BCUT2D eigenvalue weighted by Crippen LogP contribution is 1.83. The van der Waals surface area contributed by atoms with E-state index in [0.29, 0.717) is 0 Å². The summed E-state index contributed by atoms with van der Waals surface area (Å²) in [6.45, 7) is 0. The molecule has 0 aromatic rings. The average molecular weight is 147 g/mol. The van der Waals surface area contributed by atoms with E-state index in [9.17, 15) is 9.59 Å². The standard InChI is InChI=1S/C5H9NO2S/c1-6(2)5(8)4(7)3-9/h9H,3H2,1-2H3. The monoisotopic (exact) mass is 147 g/mol. The number of carbonyl (C=O) groups is 2. The molecule has 0 saturated heterocycles. The minimum absolute atomic E-state index is 0.0169. The van der Waals surface area contributed by atoms with Crippen LogP contribution in [0.4, 0.5) is 0 Å². The van der Waals surface area contributed by atoms with Crippen molar-refractivity contribution in [2.45, 2.75) is 0 Å². The van der Waals surface area contributed by atoms with Gasteiger partial charge in [-0.25, -0.2) is 0 Å². The summed E-state index contributed by atoms with van der Waals surface area (Å²) >= 11 is 3.65. The minimum atomic E-state index is -0.495. The maximum absolute atomic E-state index is 10.6. The fraction of sp³-hybridized carbons (Fsp3) is 0.600. The second-order valence-electron chi connectivity index (χ2n) is 1.78. The number of carbonyl (C=O) groups excluding carboxylic acids is 2. The average Bonchev–Trinajstić information content (AvgIpc) is 1.84. The van der Waals surface area contributed by atoms with Crippen molar-refractivity contribution in [1.29, 1.82) is 0 Å². The molecule has 1 amide bonds. The molecule has 0 radical (unpaired) electrons. The molecule has 0 heterocycles. The molecule has 0 unspecified atom stereocenters. The van der Waals surface area contributed by atoms with Crippen molar-refractivity contribution in [3.63, 3.8) is 0 Å². The lowest BCUT2D eigenvalue weighted by molar-refractivity contribution is -0.141. The number of rotatable bonds is 2. The Balaban J connectivity index is 3.89. The molecule has 0 aliphatic heterocycles. The highest BCUT2D eigenvalue weighted by atomic mass is 32.1. The van der Waals surface area contributed by atoms with Crippen molar-refractivity contribution >= 4 is 24.3 Å². The summed E-state index contributed by atoms with van der Waals surface area (Å²) in [5.41, 5.74) is 0. The van der Waals surface area contributed by atoms with Crippen molar-refractivity contribution < 1.29 is 9.59 Å². The SMILES string of the molecule is CN(C)C(=O)C(=O)CS. The van der Waals surface area contributed by atoms with Crippen LogP contribution in [0.3, 0.4) is 0 Å². The second kappa shape index (κ2) is 3.50. The van der Waals surface area contributed by atoms with E-state index in [1.807, 2.05) is 0 Å². The summed E-state index contributed by atoms with van der Waals surface area (Å²) in [6, 6.07) is 0. The predicted molar refractivity (Wildman–Crippen MR) is 37.6 cm³/mol. The first-order valence-electron chi connectivity index (χ1n) is 2.45. The summed E-state index contributed by atoms with van der Waals surface area (Å²) in [6.07, 6.45) is 0. The number of hydrogen-bond acceptors (Lipinski definition) is 3. The van der Waals surface area contributed by atoms with E-state index in [2.05, 4.69) is 12.6 Å². The number of Topliss-reactive ketones (excluding diaryl/α,β-unsaturated/α-hetero) is 1. The zero-order valence-corrected chi connectivity index (χ0v) is 6.31. The van der Waals surface area contributed by atoms with E-state index in [4.69, 9.17) is 0 Å². The van der Waals surface area contributed by atoms with Crippen molar-refractivity contribution in [1.82, 2.24) is 4.90 Å². The molecule has 0 N–H and O–H groups in total. The van der Waals surface area contributed by atoms with Gasteiger partial charge in [0.05, 0.1) is 5.75 Å². The van der Waals surface area contributed by atoms with Crippen LogP contribution in [0.2, 0.25) is 0 Å². The first kappa shape index (κ1) is 8.49. The Kier molecular flexibility index (Phi) is 3.30. The third kappa shape index (κ3) is 2.51. The zero-order valence-electron chi connectivity index (χ0n) is 5.42. The third-order valence-corrected chi connectivity index (χ3v) is 1.08. The lowest BCUT2D eigenvalue weighted by Gasteiger charge is -2.06. The van der Waals surface area contributed by atoms with Crippen molar-refractivity contribution in [3.05, 3.63) is 0 Å². The van der Waals surface area contributed by atoms with Gasteiger partial charge >= 0.3 is 0 Å². The van der Waals surface area contributed by atoms with Crippen LogP contribution in [0.1, 0.15) is 0 Å². The molecular formula is C5H9NO2S. The summed E-state index contributed by atoms with van der Waals surface area (Å²) in [7, 11) is 3.06. The van der Waals surface area contributed by atoms with Gasteiger partial charge in [-0.3, -0.25) is 9.59 Å². The summed E-state index contributed by atoms with van der Waals surface area (Å²) in [5.74, 6) is -0.981. The Morgan fingerprint density at radius 2 is 1.89 bits per heavy atom. The number of ketones is 1. The minimum Gasteiger partial charge on any atom is -0.342 e. The van der Waals surface area contributed by atoms with Gasteiger partial charge in [0.1, 0.15) is 0 Å². The molecule has 9 heavy (non-hydrogen) atoms. The quantitative estimate of drug-likeness (QED) is 0.425. The summed E-state index contributed by atoms with van der Waals surface area (Å²) < 4.78 is 0. The first-order chi connectivity index (χ1) is 4.09. The van der Waals surface area contributed by atoms with Gasteiger partial charge in [0.15, 0.2) is 0 Å². The van der Waals surface area contributed by atoms with Gasteiger partial charge in [0.25, 0.3) is 5.91 Å². The van der Waals surface area contributed by atoms with E-state index in [1.165, 1.54) is 19.0 Å². The Hall–Kier alpha value is -0.510. The van der Waals surface area contributed by atoms with Crippen LogP contribution in [-0.2, 0) is 9.59 Å². The van der Waals surface area contributed by atoms with Crippen molar-refractivity contribution in [3.8, 4) is 0 Å². The fourth-order valence-electron chi connectivity index (χ4n) is 0.317. The molecule has 0 fully saturated rings. The molecule has 0 aliphatic rings. The molecule has 0 atom stereocenters. The van der Waals surface area contributed by atoms with E-state index in [0.717, 1.165) is 0 Å². The molecule has 0 spiro atoms. The smallest absolute Gasteiger partial charge is 0.290 e. The lowest BCUT2D eigenvalue weighted by atomic mass is 10.4. The van der Waals surface area contributed by atoms with Crippen molar-refractivity contribution in [2.75, 3.05) is 19.8 Å². The van der Waals surface area contributed by atoms with Gasteiger partial charge in [-0.2, -0.15) is 12.6 Å². The highest BCUT2D eigenvalue weighted by molar-refractivity contribution is 7.81. The number of nitrogens with zero attached hydrogens (tertiary/aromatic N) is 1.